The Kier molecular flexibility index (Phi) is 7.18. The molecule has 0 amide bonds. The second-order valence-corrected chi connectivity index (χ2v) is 13.4. The molecule has 9 aromatic rings. The van der Waals surface area contributed by atoms with Gasteiger partial charge in [-0.1, -0.05) is 158 Å². The summed E-state index contributed by atoms with van der Waals surface area (Å²) in [6.45, 7) is 0. The molecule has 2 heteroatoms. The summed E-state index contributed by atoms with van der Waals surface area (Å²) in [5.41, 5.74) is 13.0. The van der Waals surface area contributed by atoms with Gasteiger partial charge >= 0.3 is 0 Å². The molecule has 0 aromatic heterocycles. The first-order valence-corrected chi connectivity index (χ1v) is 17.8. The maximum absolute atomic E-state index is 3.52. The minimum absolute atomic E-state index is 1.09. The first-order chi connectivity index (χ1) is 25.8. The number of nitrogens with one attached hydrogen (secondary N) is 1. The van der Waals surface area contributed by atoms with E-state index in [9.17, 15) is 0 Å². The number of nitrogens with zero attached hydrogens (tertiary/aromatic N) is 1. The van der Waals surface area contributed by atoms with Crippen LogP contribution in [-0.2, 0) is 0 Å². The molecule has 0 unspecified atom stereocenters. The van der Waals surface area contributed by atoms with E-state index in [2.05, 4.69) is 211 Å². The largest absolute Gasteiger partial charge is 0.358 e. The van der Waals surface area contributed by atoms with Gasteiger partial charge in [0.15, 0.2) is 0 Å². The molecule has 10 rings (SSSR count). The van der Waals surface area contributed by atoms with Gasteiger partial charge in [0.25, 0.3) is 0 Å². The molecule has 0 fully saturated rings. The van der Waals surface area contributed by atoms with Crippen LogP contribution in [0.1, 0.15) is 5.56 Å². The van der Waals surface area contributed by atoms with Crippen LogP contribution >= 0.6 is 0 Å². The zero-order valence-corrected chi connectivity index (χ0v) is 28.5. The molecule has 2 nitrogen and oxygen atoms in total. The summed E-state index contributed by atoms with van der Waals surface area (Å²) < 4.78 is 0. The molecule has 52 heavy (non-hydrogen) atoms. The lowest BCUT2D eigenvalue weighted by molar-refractivity contribution is 1.26. The summed E-state index contributed by atoms with van der Waals surface area (Å²) in [7, 11) is 0. The number of para-hydroxylation sites is 2. The summed E-state index contributed by atoms with van der Waals surface area (Å²) in [4.78, 5) is 2.35. The zero-order valence-electron chi connectivity index (χ0n) is 28.5. The Morgan fingerprint density at radius 1 is 0.346 bits per heavy atom. The molecule has 0 aliphatic carbocycles. The Bertz CT molecular complexity index is 2800. The van der Waals surface area contributed by atoms with Gasteiger partial charge in [0, 0.05) is 11.9 Å². The van der Waals surface area contributed by atoms with Gasteiger partial charge in [-0.15, -0.1) is 0 Å². The summed E-state index contributed by atoms with van der Waals surface area (Å²) >= 11 is 0. The van der Waals surface area contributed by atoms with Crippen molar-refractivity contribution in [1.82, 2.24) is 0 Å². The monoisotopic (exact) mass is 662 g/mol. The quantitative estimate of drug-likeness (QED) is 0.185. The van der Waals surface area contributed by atoms with Crippen LogP contribution in [0.3, 0.4) is 0 Å². The van der Waals surface area contributed by atoms with E-state index >= 15 is 0 Å². The highest BCUT2D eigenvalue weighted by molar-refractivity contribution is 6.22. The number of benzene rings is 9. The summed E-state index contributed by atoms with van der Waals surface area (Å²) in [5, 5.41) is 11.0. The number of rotatable bonds is 5. The first-order valence-electron chi connectivity index (χ1n) is 17.8. The molecule has 0 spiro atoms. The van der Waals surface area contributed by atoms with Crippen molar-refractivity contribution in [2.75, 3.05) is 10.2 Å². The Labute approximate surface area is 303 Å². The van der Waals surface area contributed by atoms with Crippen LogP contribution in [0.2, 0.25) is 0 Å². The highest BCUT2D eigenvalue weighted by atomic mass is 15.2. The number of anilines is 3. The predicted molar refractivity (Wildman–Crippen MR) is 222 cm³/mol. The molecule has 0 radical (unpaired) electrons. The van der Waals surface area contributed by atoms with Gasteiger partial charge < -0.3 is 10.2 Å². The van der Waals surface area contributed by atoms with E-state index in [4.69, 9.17) is 0 Å². The molecule has 1 heterocycles. The van der Waals surface area contributed by atoms with E-state index < -0.39 is 0 Å². The van der Waals surface area contributed by atoms with Crippen LogP contribution in [0.25, 0.3) is 71.4 Å². The van der Waals surface area contributed by atoms with Crippen LogP contribution in [-0.4, -0.2) is 0 Å². The fourth-order valence-electron chi connectivity index (χ4n) is 7.96. The van der Waals surface area contributed by atoms with Crippen molar-refractivity contribution in [3.8, 4) is 33.4 Å². The normalized spacial score (nSPS) is 12.5. The van der Waals surface area contributed by atoms with Crippen molar-refractivity contribution >= 4 is 55.1 Å². The van der Waals surface area contributed by atoms with E-state index in [1.54, 1.807) is 0 Å². The summed E-state index contributed by atoms with van der Waals surface area (Å²) in [6.07, 6.45) is 2.11. The van der Waals surface area contributed by atoms with Gasteiger partial charge in [-0.3, -0.25) is 0 Å². The third kappa shape index (κ3) is 5.04. The van der Waals surface area contributed by atoms with Crippen molar-refractivity contribution in [2.24, 2.45) is 0 Å². The second-order valence-electron chi connectivity index (χ2n) is 13.4. The Hall–Kier alpha value is -6.90. The highest BCUT2D eigenvalue weighted by Crippen LogP contribution is 2.46. The van der Waals surface area contributed by atoms with Gasteiger partial charge in [0.1, 0.15) is 0 Å². The molecular weight excluding hydrogens is 629 g/mol. The van der Waals surface area contributed by atoms with Gasteiger partial charge in [-0.25, -0.2) is 0 Å². The Morgan fingerprint density at radius 3 is 1.69 bits per heavy atom. The van der Waals surface area contributed by atoms with Crippen LogP contribution in [0.4, 0.5) is 17.1 Å². The maximum Gasteiger partial charge on any atom is 0.0697 e. The third-order valence-corrected chi connectivity index (χ3v) is 10.4. The van der Waals surface area contributed by atoms with Crippen LogP contribution < -0.4 is 10.2 Å². The molecule has 0 saturated heterocycles. The van der Waals surface area contributed by atoms with Gasteiger partial charge in [-0.2, -0.15) is 0 Å². The molecule has 1 aliphatic rings. The van der Waals surface area contributed by atoms with Crippen molar-refractivity contribution in [3.05, 3.63) is 206 Å². The average molecular weight is 663 g/mol. The van der Waals surface area contributed by atoms with E-state index in [0.717, 1.165) is 28.3 Å². The fraction of sp³-hybridized carbons (Fsp3) is 0. The molecule has 0 saturated carbocycles. The van der Waals surface area contributed by atoms with Crippen LogP contribution in [0, 0.1) is 0 Å². The highest BCUT2D eigenvalue weighted by Gasteiger charge is 2.23. The second kappa shape index (κ2) is 12.5. The topological polar surface area (TPSA) is 15.3 Å². The van der Waals surface area contributed by atoms with Crippen molar-refractivity contribution in [1.29, 1.82) is 0 Å². The molecule has 1 N–H and O–H groups in total. The van der Waals surface area contributed by atoms with Crippen LogP contribution in [0.15, 0.2) is 200 Å². The molecule has 0 bridgehead atoms. The van der Waals surface area contributed by atoms with Crippen LogP contribution in [0.5, 0.6) is 0 Å². The molecule has 9 aromatic carbocycles. The number of fused-ring (bicyclic) bond motifs is 4. The fourth-order valence-corrected chi connectivity index (χ4v) is 7.96. The lowest BCUT2D eigenvalue weighted by Gasteiger charge is -2.33. The third-order valence-electron chi connectivity index (χ3n) is 10.4. The summed E-state index contributed by atoms with van der Waals surface area (Å²) in [6, 6.07) is 70.4. The lowest BCUT2D eigenvalue weighted by Crippen LogP contribution is -2.21. The smallest absolute Gasteiger partial charge is 0.0697 e. The van der Waals surface area contributed by atoms with Gasteiger partial charge in [0.05, 0.1) is 17.1 Å². The minimum Gasteiger partial charge on any atom is -0.358 e. The summed E-state index contributed by atoms with van der Waals surface area (Å²) in [5.74, 6) is 0. The Morgan fingerprint density at radius 2 is 0.923 bits per heavy atom. The SMILES string of the molecule is C1=C(c2ccccc2)N(c2ccc(-c3ccc4c(-c5ccc6ccccc6c5)c5ccccc5c(-c5ccccc5)c4c3)cc2)c2ccccc2N1. The predicted octanol–water partition coefficient (Wildman–Crippen LogP) is 13.7. The van der Waals surface area contributed by atoms with Crippen molar-refractivity contribution in [2.45, 2.75) is 0 Å². The van der Waals surface area contributed by atoms with E-state index in [-0.39, 0.29) is 0 Å². The number of hydrogen-bond acceptors (Lipinski definition) is 2. The number of hydrogen-bond donors (Lipinski definition) is 1. The lowest BCUT2D eigenvalue weighted by atomic mass is 9.84. The van der Waals surface area contributed by atoms with Crippen molar-refractivity contribution < 1.29 is 0 Å². The molecule has 244 valence electrons. The van der Waals surface area contributed by atoms with Gasteiger partial charge in [-0.05, 0) is 108 Å². The van der Waals surface area contributed by atoms with E-state index in [0.29, 0.717) is 0 Å². The van der Waals surface area contributed by atoms with E-state index in [1.165, 1.54) is 65.7 Å². The molecular formula is C50H34N2. The maximum atomic E-state index is 3.52. The first kappa shape index (κ1) is 30.0. The van der Waals surface area contributed by atoms with Gasteiger partial charge in [0.2, 0.25) is 0 Å². The standard InChI is InChI=1S/C50H34N2/c1-3-14-36(15-4-1)48-33-51-46-21-11-12-22-47(46)52(48)41-28-25-35(26-29-41)39-27-30-44-45(32-39)49(37-16-5-2-6-17-37)42-19-9-10-20-43(42)50(44)40-24-23-34-13-7-8-18-38(34)31-40/h1-33,51H. The van der Waals surface area contributed by atoms with Crippen molar-refractivity contribution in [3.63, 3.8) is 0 Å². The molecule has 0 atom stereocenters. The zero-order chi connectivity index (χ0) is 34.4. The average Bonchev–Trinajstić information content (AvgIpc) is 3.22. The minimum atomic E-state index is 1.09. The Balaban J connectivity index is 1.15. The molecule has 1 aliphatic heterocycles. The van der Waals surface area contributed by atoms with E-state index in [1.807, 2.05) is 0 Å².